The molecule has 1 amide bonds. The van der Waals surface area contributed by atoms with Crippen LogP contribution >= 0.6 is 11.3 Å². The lowest BCUT2D eigenvalue weighted by Gasteiger charge is -2.32. The Hall–Kier alpha value is -2.22. The molecule has 1 saturated heterocycles. The molecule has 3 rings (SSSR count). The number of amides is 1. The van der Waals surface area contributed by atoms with Crippen LogP contribution in [0.2, 0.25) is 0 Å². The lowest BCUT2D eigenvalue weighted by Crippen LogP contribution is -2.44. The Morgan fingerprint density at radius 1 is 1.32 bits per heavy atom. The fraction of sp³-hybridized carbons (Fsp3) is 0.529. The van der Waals surface area contributed by atoms with Crippen LogP contribution in [0.5, 0.6) is 5.88 Å². The molecule has 1 aliphatic rings. The van der Waals surface area contributed by atoms with Crippen molar-refractivity contribution in [1.29, 1.82) is 0 Å². The molecule has 0 radical (unpaired) electrons. The number of carbonyl (C=O) groups is 1. The minimum absolute atomic E-state index is 0.0448. The van der Waals surface area contributed by atoms with E-state index in [0.29, 0.717) is 18.2 Å². The third kappa shape index (κ3) is 3.89. The summed E-state index contributed by atoms with van der Waals surface area (Å²) in [6.07, 6.45) is 4.99. The van der Waals surface area contributed by atoms with Crippen molar-refractivity contribution in [3.63, 3.8) is 0 Å². The van der Waals surface area contributed by atoms with E-state index in [0.717, 1.165) is 35.0 Å². The fourth-order valence-corrected chi connectivity index (χ4v) is 3.85. The van der Waals surface area contributed by atoms with Crippen LogP contribution in [0.3, 0.4) is 0 Å². The number of ether oxygens (including phenoxy) is 1. The van der Waals surface area contributed by atoms with Gasteiger partial charge in [-0.05, 0) is 26.7 Å². The zero-order chi connectivity index (χ0) is 18.0. The average Bonchev–Trinajstić information content (AvgIpc) is 2.93. The summed E-state index contributed by atoms with van der Waals surface area (Å²) in [6.45, 7) is 5.11. The summed E-state index contributed by atoms with van der Waals surface area (Å²) >= 11 is 1.46. The van der Waals surface area contributed by atoms with E-state index in [1.807, 2.05) is 37.7 Å². The maximum absolute atomic E-state index is 12.8. The lowest BCUT2D eigenvalue weighted by molar-refractivity contribution is 0.0531. The highest BCUT2D eigenvalue weighted by atomic mass is 32.1. The van der Waals surface area contributed by atoms with Gasteiger partial charge in [-0.15, -0.1) is 11.3 Å². The smallest absolute Gasteiger partial charge is 0.265 e. The molecule has 2 aromatic heterocycles. The Morgan fingerprint density at radius 3 is 2.76 bits per heavy atom. The summed E-state index contributed by atoms with van der Waals surface area (Å²) in [5, 5.41) is 0.917. The van der Waals surface area contributed by atoms with Crippen LogP contribution in [0.25, 0.3) is 0 Å². The Kier molecular flexibility index (Phi) is 5.17. The van der Waals surface area contributed by atoms with Gasteiger partial charge in [-0.1, -0.05) is 0 Å². The van der Waals surface area contributed by atoms with Crippen LogP contribution in [0.15, 0.2) is 12.4 Å². The van der Waals surface area contributed by atoms with Crippen molar-refractivity contribution in [2.75, 3.05) is 32.1 Å². The van der Waals surface area contributed by atoms with Crippen molar-refractivity contribution < 1.29 is 9.53 Å². The van der Waals surface area contributed by atoms with Gasteiger partial charge in [0.15, 0.2) is 5.82 Å². The highest BCUT2D eigenvalue weighted by molar-refractivity contribution is 7.13. The number of nitrogens with zero attached hydrogens (tertiary/aromatic N) is 5. The van der Waals surface area contributed by atoms with Crippen molar-refractivity contribution in [2.45, 2.75) is 32.8 Å². The van der Waals surface area contributed by atoms with Crippen LogP contribution in [-0.4, -0.2) is 59.0 Å². The number of likely N-dealkylation sites (tertiary alicyclic amines) is 1. The second kappa shape index (κ2) is 7.35. The molecule has 3 heterocycles. The van der Waals surface area contributed by atoms with Gasteiger partial charge in [-0.3, -0.25) is 4.79 Å². The summed E-state index contributed by atoms with van der Waals surface area (Å²) in [4.78, 5) is 30.2. The zero-order valence-electron chi connectivity index (χ0n) is 15.0. The van der Waals surface area contributed by atoms with E-state index in [-0.39, 0.29) is 12.0 Å². The number of aryl methyl sites for hydroxylation is 2. The molecule has 1 atom stereocenters. The van der Waals surface area contributed by atoms with Crippen LogP contribution < -0.4 is 9.64 Å². The van der Waals surface area contributed by atoms with Gasteiger partial charge < -0.3 is 14.5 Å². The Bertz CT molecular complexity index is 761. The lowest BCUT2D eigenvalue weighted by atomic mass is 10.1. The predicted molar refractivity (Wildman–Crippen MR) is 97.5 cm³/mol. The van der Waals surface area contributed by atoms with Crippen LogP contribution in [0.1, 0.15) is 33.2 Å². The molecule has 8 heteroatoms. The molecular weight excluding hydrogens is 338 g/mol. The molecular formula is C17H23N5O2S. The van der Waals surface area contributed by atoms with E-state index in [2.05, 4.69) is 15.0 Å². The molecule has 0 spiro atoms. The predicted octanol–water partition coefficient (Wildman–Crippen LogP) is 2.30. The van der Waals surface area contributed by atoms with Gasteiger partial charge in [0.25, 0.3) is 11.8 Å². The van der Waals surface area contributed by atoms with Crippen molar-refractivity contribution >= 4 is 23.1 Å². The molecule has 0 aromatic carbocycles. The van der Waals surface area contributed by atoms with Gasteiger partial charge in [0.2, 0.25) is 0 Å². The molecule has 0 N–H and O–H groups in total. The van der Waals surface area contributed by atoms with E-state index < -0.39 is 0 Å². The molecule has 0 aliphatic carbocycles. The third-order valence-corrected chi connectivity index (χ3v) is 5.17. The van der Waals surface area contributed by atoms with E-state index in [1.165, 1.54) is 11.3 Å². The second-order valence-corrected chi connectivity index (χ2v) is 7.56. The molecule has 0 saturated carbocycles. The van der Waals surface area contributed by atoms with Gasteiger partial charge in [-0.2, -0.15) is 0 Å². The van der Waals surface area contributed by atoms with Gasteiger partial charge in [0.05, 0.1) is 17.2 Å². The monoisotopic (exact) mass is 361 g/mol. The summed E-state index contributed by atoms with van der Waals surface area (Å²) in [6, 6.07) is 0. The number of carbonyl (C=O) groups excluding carboxylic acids is 1. The van der Waals surface area contributed by atoms with Gasteiger partial charge in [0, 0.05) is 33.0 Å². The molecule has 0 bridgehead atoms. The molecule has 25 heavy (non-hydrogen) atoms. The number of piperidine rings is 1. The SMILES string of the molecule is Cc1nc(C)c(C(=O)N2CCC[C@@H](Oc3nccnc3N(C)C)C2)s1. The average molecular weight is 361 g/mol. The summed E-state index contributed by atoms with van der Waals surface area (Å²) in [5.41, 5.74) is 0.805. The maximum atomic E-state index is 12.8. The van der Waals surface area contributed by atoms with E-state index in [4.69, 9.17) is 4.74 Å². The highest BCUT2D eigenvalue weighted by Gasteiger charge is 2.28. The minimum Gasteiger partial charge on any atom is -0.470 e. The van der Waals surface area contributed by atoms with E-state index in [1.54, 1.807) is 12.4 Å². The van der Waals surface area contributed by atoms with Crippen LogP contribution in [0.4, 0.5) is 5.82 Å². The highest BCUT2D eigenvalue weighted by Crippen LogP contribution is 2.26. The fourth-order valence-electron chi connectivity index (χ4n) is 2.96. The number of anilines is 1. The number of hydrogen-bond acceptors (Lipinski definition) is 7. The normalized spacial score (nSPS) is 17.4. The molecule has 1 fully saturated rings. The minimum atomic E-state index is -0.0811. The first-order valence-corrected chi connectivity index (χ1v) is 9.15. The van der Waals surface area contributed by atoms with Crippen molar-refractivity contribution in [3.05, 3.63) is 28.0 Å². The van der Waals surface area contributed by atoms with Gasteiger partial charge >= 0.3 is 0 Å². The third-order valence-electron chi connectivity index (χ3n) is 4.11. The zero-order valence-corrected chi connectivity index (χ0v) is 15.8. The van der Waals surface area contributed by atoms with E-state index >= 15 is 0 Å². The number of hydrogen-bond donors (Lipinski definition) is 0. The van der Waals surface area contributed by atoms with Crippen molar-refractivity contribution in [3.8, 4) is 5.88 Å². The standard InChI is InChI=1S/C17H23N5O2S/c1-11-14(25-12(2)20-11)17(23)22-9-5-6-13(10-22)24-16-15(21(3)4)18-7-8-19-16/h7-8,13H,5-6,9-10H2,1-4H3/t13-/m1/s1. The molecule has 2 aromatic rings. The van der Waals surface area contributed by atoms with Gasteiger partial charge in [0.1, 0.15) is 11.0 Å². The molecule has 134 valence electrons. The first kappa shape index (κ1) is 17.6. The maximum Gasteiger partial charge on any atom is 0.265 e. The number of rotatable bonds is 4. The molecule has 7 nitrogen and oxygen atoms in total. The van der Waals surface area contributed by atoms with Crippen LogP contribution in [0, 0.1) is 13.8 Å². The molecule has 1 aliphatic heterocycles. The topological polar surface area (TPSA) is 71.5 Å². The number of thiazole rings is 1. The largest absolute Gasteiger partial charge is 0.470 e. The summed E-state index contributed by atoms with van der Waals surface area (Å²) in [7, 11) is 3.81. The molecule has 0 unspecified atom stereocenters. The first-order valence-electron chi connectivity index (χ1n) is 8.34. The van der Waals surface area contributed by atoms with Crippen molar-refractivity contribution in [1.82, 2.24) is 19.9 Å². The number of aromatic nitrogens is 3. The van der Waals surface area contributed by atoms with Crippen LogP contribution in [-0.2, 0) is 0 Å². The first-order chi connectivity index (χ1) is 12.0. The Morgan fingerprint density at radius 2 is 2.08 bits per heavy atom. The quantitative estimate of drug-likeness (QED) is 0.832. The van der Waals surface area contributed by atoms with E-state index in [9.17, 15) is 4.79 Å². The van der Waals surface area contributed by atoms with Gasteiger partial charge in [-0.25, -0.2) is 15.0 Å². The Labute approximate surface area is 151 Å². The summed E-state index contributed by atoms with van der Waals surface area (Å²) < 4.78 is 6.08. The van der Waals surface area contributed by atoms with Crippen molar-refractivity contribution in [2.24, 2.45) is 0 Å². The second-order valence-electron chi connectivity index (χ2n) is 6.36. The Balaban J connectivity index is 1.71. The summed E-state index contributed by atoms with van der Waals surface area (Å²) in [5.74, 6) is 1.25.